The normalized spacial score (nSPS) is 23.7. The molecule has 27 heavy (non-hydrogen) atoms. The molecule has 3 fully saturated rings. The summed E-state index contributed by atoms with van der Waals surface area (Å²) >= 11 is 0. The van der Waals surface area contributed by atoms with Crippen molar-refractivity contribution in [2.24, 2.45) is 0 Å². The second kappa shape index (κ2) is 7.84. The van der Waals surface area contributed by atoms with Gasteiger partial charge >= 0.3 is 12.0 Å². The molecule has 0 N–H and O–H groups in total. The zero-order valence-corrected chi connectivity index (χ0v) is 15.9. The molecule has 1 saturated carbocycles. The molecule has 0 aromatic carbocycles. The number of hydrogen-bond acceptors (Lipinski definition) is 6. The zero-order valence-electron chi connectivity index (χ0n) is 15.9. The van der Waals surface area contributed by atoms with Gasteiger partial charge in [-0.3, -0.25) is 19.3 Å². The number of hydrogen-bond donors (Lipinski definition) is 0. The highest BCUT2D eigenvalue weighted by atomic mass is 16.5. The Labute approximate surface area is 158 Å². The van der Waals surface area contributed by atoms with E-state index in [1.807, 2.05) is 0 Å². The van der Waals surface area contributed by atoms with Crippen LogP contribution >= 0.6 is 0 Å². The van der Waals surface area contributed by atoms with Crippen molar-refractivity contribution in [3.8, 4) is 0 Å². The van der Waals surface area contributed by atoms with Crippen LogP contribution in [-0.4, -0.2) is 90.1 Å². The summed E-state index contributed by atoms with van der Waals surface area (Å²) in [6.45, 7) is 2.85. The van der Waals surface area contributed by atoms with Crippen molar-refractivity contribution in [2.45, 2.75) is 50.7 Å². The standard InChI is InChI=1S/C18H27N3O6/c1-13(15(23)20-8-10-26-11-9-20)27-14(22)12-21-16(24)18(19(2)17(21)25)6-4-3-5-7-18/h13H,3-12H2,1-2H3. The Hall–Kier alpha value is -2.16. The number of esters is 1. The quantitative estimate of drug-likeness (QED) is 0.516. The highest BCUT2D eigenvalue weighted by molar-refractivity contribution is 6.08. The van der Waals surface area contributed by atoms with Crippen molar-refractivity contribution in [1.29, 1.82) is 0 Å². The van der Waals surface area contributed by atoms with Gasteiger partial charge in [0.05, 0.1) is 13.2 Å². The average Bonchev–Trinajstić information content (AvgIpc) is 2.85. The van der Waals surface area contributed by atoms with Crippen molar-refractivity contribution in [3.63, 3.8) is 0 Å². The minimum absolute atomic E-state index is 0.299. The van der Waals surface area contributed by atoms with E-state index in [0.29, 0.717) is 39.1 Å². The lowest BCUT2D eigenvalue weighted by atomic mass is 9.81. The second-order valence-electron chi connectivity index (χ2n) is 7.39. The molecule has 2 heterocycles. The van der Waals surface area contributed by atoms with Gasteiger partial charge in [0.15, 0.2) is 6.10 Å². The molecule has 3 rings (SSSR count). The van der Waals surface area contributed by atoms with Crippen LogP contribution in [0.3, 0.4) is 0 Å². The van der Waals surface area contributed by atoms with E-state index in [1.165, 1.54) is 11.8 Å². The van der Waals surface area contributed by atoms with Crippen LogP contribution in [0, 0.1) is 0 Å². The summed E-state index contributed by atoms with van der Waals surface area (Å²) < 4.78 is 10.4. The van der Waals surface area contributed by atoms with Gasteiger partial charge in [-0.25, -0.2) is 4.79 Å². The molecule has 1 unspecified atom stereocenters. The van der Waals surface area contributed by atoms with Crippen LogP contribution in [0.2, 0.25) is 0 Å². The molecule has 0 bridgehead atoms. The van der Waals surface area contributed by atoms with Gasteiger partial charge in [0.25, 0.3) is 11.8 Å². The predicted octanol–water partition coefficient (Wildman–Crippen LogP) is 0.374. The summed E-state index contributed by atoms with van der Waals surface area (Å²) in [5.41, 5.74) is -0.829. The Morgan fingerprint density at radius 3 is 2.41 bits per heavy atom. The Morgan fingerprint density at radius 2 is 1.78 bits per heavy atom. The monoisotopic (exact) mass is 381 g/mol. The first-order valence-electron chi connectivity index (χ1n) is 9.52. The topological polar surface area (TPSA) is 96.5 Å². The number of ether oxygens (including phenoxy) is 2. The number of imide groups is 1. The smallest absolute Gasteiger partial charge is 0.327 e. The average molecular weight is 381 g/mol. The van der Waals surface area contributed by atoms with Gasteiger partial charge in [0, 0.05) is 20.1 Å². The first-order chi connectivity index (χ1) is 12.9. The summed E-state index contributed by atoms with van der Waals surface area (Å²) in [5.74, 6) is -1.39. The summed E-state index contributed by atoms with van der Waals surface area (Å²) in [7, 11) is 1.61. The van der Waals surface area contributed by atoms with Gasteiger partial charge in [-0.05, 0) is 19.8 Å². The lowest BCUT2D eigenvalue weighted by Gasteiger charge is -2.35. The van der Waals surface area contributed by atoms with Crippen LogP contribution in [0.4, 0.5) is 4.79 Å². The summed E-state index contributed by atoms with van der Waals surface area (Å²) in [4.78, 5) is 54.0. The fourth-order valence-electron chi connectivity index (χ4n) is 4.13. The third-order valence-electron chi connectivity index (χ3n) is 5.75. The van der Waals surface area contributed by atoms with Gasteiger partial charge in [-0.2, -0.15) is 0 Å². The first kappa shape index (κ1) is 19.6. The number of rotatable bonds is 4. The minimum Gasteiger partial charge on any atom is -0.451 e. The zero-order chi connectivity index (χ0) is 19.6. The predicted molar refractivity (Wildman–Crippen MR) is 93.6 cm³/mol. The molecule has 9 heteroatoms. The number of urea groups is 1. The highest BCUT2D eigenvalue weighted by Gasteiger charge is 2.56. The number of carbonyl (C=O) groups is 4. The van der Waals surface area contributed by atoms with Crippen LogP contribution < -0.4 is 0 Å². The molecule has 2 saturated heterocycles. The second-order valence-corrected chi connectivity index (χ2v) is 7.39. The van der Waals surface area contributed by atoms with E-state index in [2.05, 4.69) is 0 Å². The summed E-state index contributed by atoms with van der Waals surface area (Å²) in [6, 6.07) is -0.481. The van der Waals surface area contributed by atoms with Crippen LogP contribution in [-0.2, 0) is 23.9 Å². The van der Waals surface area contributed by atoms with E-state index in [1.54, 1.807) is 11.9 Å². The molecule has 2 aliphatic heterocycles. The molecule has 3 aliphatic rings. The number of amides is 4. The minimum atomic E-state index is -0.968. The molecular formula is C18H27N3O6. The van der Waals surface area contributed by atoms with E-state index in [-0.39, 0.29) is 11.8 Å². The lowest BCUT2D eigenvalue weighted by molar-refractivity contribution is -0.162. The fraction of sp³-hybridized carbons (Fsp3) is 0.778. The van der Waals surface area contributed by atoms with Crippen molar-refractivity contribution < 1.29 is 28.7 Å². The first-order valence-corrected chi connectivity index (χ1v) is 9.52. The van der Waals surface area contributed by atoms with Crippen molar-refractivity contribution in [2.75, 3.05) is 39.9 Å². The molecule has 0 aromatic heterocycles. The molecule has 150 valence electrons. The van der Waals surface area contributed by atoms with Gasteiger partial charge < -0.3 is 19.3 Å². The maximum atomic E-state index is 12.9. The van der Waals surface area contributed by atoms with Crippen LogP contribution in [0.5, 0.6) is 0 Å². The highest BCUT2D eigenvalue weighted by Crippen LogP contribution is 2.39. The van der Waals surface area contributed by atoms with Crippen molar-refractivity contribution in [1.82, 2.24) is 14.7 Å². The van der Waals surface area contributed by atoms with Crippen molar-refractivity contribution >= 4 is 23.8 Å². The third-order valence-corrected chi connectivity index (χ3v) is 5.75. The van der Waals surface area contributed by atoms with Crippen LogP contribution in [0.15, 0.2) is 0 Å². The number of nitrogens with zero attached hydrogens (tertiary/aromatic N) is 3. The third kappa shape index (κ3) is 3.65. The molecule has 0 radical (unpaired) electrons. The van der Waals surface area contributed by atoms with E-state index >= 15 is 0 Å². The Bertz CT molecular complexity index is 625. The molecule has 4 amide bonds. The molecule has 1 spiro atoms. The van der Waals surface area contributed by atoms with Gasteiger partial charge in [0.1, 0.15) is 12.1 Å². The maximum absolute atomic E-state index is 12.9. The van der Waals surface area contributed by atoms with Crippen LogP contribution in [0.25, 0.3) is 0 Å². The maximum Gasteiger partial charge on any atom is 0.327 e. The number of likely N-dealkylation sites (N-methyl/N-ethyl adjacent to an activating group) is 1. The van der Waals surface area contributed by atoms with Crippen LogP contribution in [0.1, 0.15) is 39.0 Å². The summed E-state index contributed by atoms with van der Waals surface area (Å²) in [5, 5.41) is 0. The Balaban J connectivity index is 1.59. The Morgan fingerprint density at radius 1 is 1.15 bits per heavy atom. The van der Waals surface area contributed by atoms with E-state index in [4.69, 9.17) is 9.47 Å². The van der Waals surface area contributed by atoms with E-state index in [0.717, 1.165) is 24.2 Å². The van der Waals surface area contributed by atoms with Gasteiger partial charge in [-0.1, -0.05) is 19.3 Å². The van der Waals surface area contributed by atoms with Gasteiger partial charge in [0.2, 0.25) is 0 Å². The molecule has 1 aliphatic carbocycles. The molecule has 1 atom stereocenters. The van der Waals surface area contributed by atoms with E-state index in [9.17, 15) is 19.2 Å². The Kier molecular flexibility index (Phi) is 5.69. The van der Waals surface area contributed by atoms with Crippen molar-refractivity contribution in [3.05, 3.63) is 0 Å². The summed E-state index contributed by atoms with van der Waals surface area (Å²) in [6.07, 6.45) is 3.07. The van der Waals surface area contributed by atoms with Gasteiger partial charge in [-0.15, -0.1) is 0 Å². The number of morpholine rings is 1. The molecule has 0 aromatic rings. The molecular weight excluding hydrogens is 354 g/mol. The molecule has 9 nitrogen and oxygen atoms in total. The SMILES string of the molecule is CC(OC(=O)CN1C(=O)N(C)C2(CCCCC2)C1=O)C(=O)N1CCOCC1. The number of carbonyl (C=O) groups excluding carboxylic acids is 4. The largest absolute Gasteiger partial charge is 0.451 e. The van der Waals surface area contributed by atoms with E-state index < -0.39 is 30.2 Å². The fourth-order valence-corrected chi connectivity index (χ4v) is 4.13. The lowest BCUT2D eigenvalue weighted by Crippen LogP contribution is -2.49.